The van der Waals surface area contributed by atoms with Gasteiger partial charge in [-0.15, -0.1) is 0 Å². The number of carbonyl (C=O) groups excluding carboxylic acids is 2. The lowest BCUT2D eigenvalue weighted by Gasteiger charge is -2.26. The maximum atomic E-state index is 12.2. The number of amides is 2. The zero-order valence-corrected chi connectivity index (χ0v) is 13.7. The molecule has 0 spiro atoms. The first-order chi connectivity index (χ1) is 11.3. The number of hydrogen-bond acceptors (Lipinski definition) is 3. The molecule has 4 heteroatoms. The van der Waals surface area contributed by atoms with Crippen LogP contribution in [0.1, 0.15) is 59.2 Å². The molecule has 0 unspecified atom stereocenters. The molecule has 0 bridgehead atoms. The third-order valence-electron chi connectivity index (χ3n) is 4.78. The summed E-state index contributed by atoms with van der Waals surface area (Å²) in [7, 11) is 0. The first kappa shape index (κ1) is 16.2. The fourth-order valence-electron chi connectivity index (χ4n) is 3.43. The van der Waals surface area contributed by atoms with Crippen LogP contribution in [0.2, 0.25) is 0 Å². The van der Waals surface area contributed by atoms with E-state index in [1.165, 1.54) is 50.2 Å². The van der Waals surface area contributed by atoms with E-state index in [9.17, 15) is 9.59 Å². The second-order valence-electron chi connectivity index (χ2n) is 6.43. The molecule has 0 aliphatic carbocycles. The number of unbranched alkanes of at least 4 members (excludes halogenated alkanes) is 3. The minimum absolute atomic E-state index is 0.129. The van der Waals surface area contributed by atoms with Gasteiger partial charge in [0.25, 0.3) is 11.8 Å². The van der Waals surface area contributed by atoms with E-state index in [0.29, 0.717) is 17.7 Å². The minimum Gasteiger partial charge on any atom is -0.303 e. The van der Waals surface area contributed by atoms with E-state index in [-0.39, 0.29) is 11.8 Å². The van der Waals surface area contributed by atoms with Gasteiger partial charge in [-0.25, -0.2) is 0 Å². The SMILES string of the molecule is O=C1c2ccccc2C(=O)N1CCCCCCN1CC[CH]CC1. The molecule has 4 nitrogen and oxygen atoms in total. The highest BCUT2D eigenvalue weighted by molar-refractivity contribution is 6.21. The van der Waals surface area contributed by atoms with Gasteiger partial charge < -0.3 is 4.90 Å². The molecule has 1 radical (unpaired) electrons. The van der Waals surface area contributed by atoms with E-state index in [1.807, 2.05) is 12.1 Å². The number of fused-ring (bicyclic) bond motifs is 1. The van der Waals surface area contributed by atoms with Crippen LogP contribution in [0.15, 0.2) is 24.3 Å². The van der Waals surface area contributed by atoms with Gasteiger partial charge in [-0.05, 0) is 63.9 Å². The normalized spacial score (nSPS) is 18.5. The Labute approximate surface area is 138 Å². The Morgan fingerprint density at radius 1 is 0.783 bits per heavy atom. The van der Waals surface area contributed by atoms with Gasteiger partial charge >= 0.3 is 0 Å². The third-order valence-corrected chi connectivity index (χ3v) is 4.78. The lowest BCUT2D eigenvalue weighted by atomic mass is 10.1. The van der Waals surface area contributed by atoms with Crippen molar-refractivity contribution in [3.8, 4) is 0 Å². The van der Waals surface area contributed by atoms with Crippen molar-refractivity contribution in [3.63, 3.8) is 0 Å². The Morgan fingerprint density at radius 3 is 1.96 bits per heavy atom. The van der Waals surface area contributed by atoms with E-state index in [0.717, 1.165) is 12.8 Å². The zero-order valence-electron chi connectivity index (χ0n) is 13.7. The summed E-state index contributed by atoms with van der Waals surface area (Å²) in [5, 5.41) is 0. The lowest BCUT2D eigenvalue weighted by Crippen LogP contribution is -2.31. The smallest absolute Gasteiger partial charge is 0.261 e. The van der Waals surface area contributed by atoms with Gasteiger partial charge in [0, 0.05) is 6.54 Å². The van der Waals surface area contributed by atoms with Crippen molar-refractivity contribution in [3.05, 3.63) is 41.8 Å². The van der Waals surface area contributed by atoms with Crippen molar-refractivity contribution >= 4 is 11.8 Å². The van der Waals surface area contributed by atoms with Crippen molar-refractivity contribution in [2.24, 2.45) is 0 Å². The summed E-state index contributed by atoms with van der Waals surface area (Å²) < 4.78 is 0. The number of imide groups is 1. The number of hydrogen-bond donors (Lipinski definition) is 0. The third kappa shape index (κ3) is 3.81. The Kier molecular flexibility index (Phi) is 5.44. The highest BCUT2D eigenvalue weighted by atomic mass is 16.2. The van der Waals surface area contributed by atoms with Crippen molar-refractivity contribution in [2.45, 2.75) is 38.5 Å². The molecule has 2 heterocycles. The van der Waals surface area contributed by atoms with Crippen LogP contribution < -0.4 is 0 Å². The molecule has 1 aromatic rings. The fraction of sp³-hybridized carbons (Fsp3) is 0.526. The fourth-order valence-corrected chi connectivity index (χ4v) is 3.43. The summed E-state index contributed by atoms with van der Waals surface area (Å²) in [5.41, 5.74) is 1.11. The average Bonchev–Trinajstić information content (AvgIpc) is 2.84. The largest absolute Gasteiger partial charge is 0.303 e. The number of carbonyl (C=O) groups is 2. The Balaban J connectivity index is 1.35. The average molecular weight is 313 g/mol. The first-order valence-electron chi connectivity index (χ1n) is 8.76. The molecule has 0 atom stereocenters. The molecular formula is C19H25N2O2. The molecule has 1 saturated heterocycles. The molecule has 1 fully saturated rings. The van der Waals surface area contributed by atoms with Crippen LogP contribution in [0.4, 0.5) is 0 Å². The number of nitrogens with zero attached hydrogens (tertiary/aromatic N) is 2. The highest BCUT2D eigenvalue weighted by Gasteiger charge is 2.34. The summed E-state index contributed by atoms with van der Waals surface area (Å²) in [4.78, 5) is 28.4. The predicted molar refractivity (Wildman–Crippen MR) is 90.3 cm³/mol. The van der Waals surface area contributed by atoms with Crippen LogP contribution in [-0.2, 0) is 0 Å². The lowest BCUT2D eigenvalue weighted by molar-refractivity contribution is 0.0651. The minimum atomic E-state index is -0.129. The summed E-state index contributed by atoms with van der Waals surface area (Å²) in [6.45, 7) is 4.13. The molecule has 0 aromatic heterocycles. The Hall–Kier alpha value is -1.68. The van der Waals surface area contributed by atoms with Gasteiger partial charge in [0.05, 0.1) is 11.1 Å². The second-order valence-corrected chi connectivity index (χ2v) is 6.43. The number of rotatable bonds is 7. The van der Waals surface area contributed by atoms with Gasteiger partial charge in [0.2, 0.25) is 0 Å². The summed E-state index contributed by atoms with van der Waals surface area (Å²) in [5.74, 6) is -0.259. The Morgan fingerprint density at radius 2 is 1.35 bits per heavy atom. The molecule has 0 saturated carbocycles. The van der Waals surface area contributed by atoms with Crippen LogP contribution in [0.3, 0.4) is 0 Å². The van der Waals surface area contributed by atoms with E-state index >= 15 is 0 Å². The monoisotopic (exact) mass is 313 g/mol. The van der Waals surface area contributed by atoms with E-state index in [1.54, 1.807) is 12.1 Å². The van der Waals surface area contributed by atoms with Crippen molar-refractivity contribution < 1.29 is 9.59 Å². The zero-order chi connectivity index (χ0) is 16.1. The molecule has 2 aliphatic heterocycles. The van der Waals surface area contributed by atoms with E-state index in [2.05, 4.69) is 11.3 Å². The molecule has 23 heavy (non-hydrogen) atoms. The second kappa shape index (κ2) is 7.73. The van der Waals surface area contributed by atoms with Gasteiger partial charge in [0.1, 0.15) is 0 Å². The molecular weight excluding hydrogens is 288 g/mol. The van der Waals surface area contributed by atoms with E-state index < -0.39 is 0 Å². The summed E-state index contributed by atoms with van der Waals surface area (Å²) in [6.07, 6.45) is 9.18. The number of likely N-dealkylation sites (tertiary alicyclic amines) is 1. The van der Waals surface area contributed by atoms with Gasteiger partial charge in [0.15, 0.2) is 0 Å². The predicted octanol–water partition coefficient (Wildman–Crippen LogP) is 3.14. The molecule has 1 aromatic carbocycles. The van der Waals surface area contributed by atoms with Crippen LogP contribution in [-0.4, -0.2) is 47.8 Å². The molecule has 123 valence electrons. The van der Waals surface area contributed by atoms with E-state index in [4.69, 9.17) is 0 Å². The van der Waals surface area contributed by atoms with Crippen LogP contribution in [0, 0.1) is 6.42 Å². The molecule has 3 rings (SSSR count). The van der Waals surface area contributed by atoms with Gasteiger partial charge in [-0.1, -0.05) is 25.0 Å². The van der Waals surface area contributed by atoms with Crippen molar-refractivity contribution in [1.82, 2.24) is 9.80 Å². The van der Waals surface area contributed by atoms with Gasteiger partial charge in [-0.2, -0.15) is 0 Å². The number of benzene rings is 1. The van der Waals surface area contributed by atoms with Crippen molar-refractivity contribution in [1.29, 1.82) is 0 Å². The topological polar surface area (TPSA) is 40.6 Å². The van der Waals surface area contributed by atoms with Crippen molar-refractivity contribution in [2.75, 3.05) is 26.2 Å². The quantitative estimate of drug-likeness (QED) is 0.573. The van der Waals surface area contributed by atoms with Crippen LogP contribution >= 0.6 is 0 Å². The molecule has 0 N–H and O–H groups in total. The summed E-state index contributed by atoms with van der Waals surface area (Å²) >= 11 is 0. The summed E-state index contributed by atoms with van der Waals surface area (Å²) in [6, 6.07) is 7.11. The molecule has 2 amide bonds. The first-order valence-corrected chi connectivity index (χ1v) is 8.76. The molecule has 2 aliphatic rings. The maximum absolute atomic E-state index is 12.2. The maximum Gasteiger partial charge on any atom is 0.261 e. The van der Waals surface area contributed by atoms with Gasteiger partial charge in [-0.3, -0.25) is 14.5 Å². The standard InChI is InChI=1S/C19H25N2O2/c22-18-16-10-4-5-11-17(16)19(23)21(18)15-9-2-1-6-12-20-13-7-3-8-14-20/h3-5,10-11H,1-2,6-9,12-15H2. The number of piperidine rings is 1. The highest BCUT2D eigenvalue weighted by Crippen LogP contribution is 2.22. The van der Waals surface area contributed by atoms with Crippen LogP contribution in [0.5, 0.6) is 0 Å². The Bertz CT molecular complexity index is 529. The van der Waals surface area contributed by atoms with Crippen LogP contribution in [0.25, 0.3) is 0 Å².